The fourth-order valence-electron chi connectivity index (χ4n) is 2.25. The zero-order valence-corrected chi connectivity index (χ0v) is 14.4. The predicted octanol–water partition coefficient (Wildman–Crippen LogP) is 4.03. The molecule has 0 fully saturated rings. The molecule has 4 nitrogen and oxygen atoms in total. The second-order valence-corrected chi connectivity index (χ2v) is 7.21. The lowest BCUT2D eigenvalue weighted by Crippen LogP contribution is -2.43. The molecule has 18 heavy (non-hydrogen) atoms. The Hall–Kier alpha value is 0.270. The van der Waals surface area contributed by atoms with Crippen LogP contribution in [0, 0.1) is 0 Å². The summed E-state index contributed by atoms with van der Waals surface area (Å²) in [6.45, 7) is 17.6. The highest BCUT2D eigenvalue weighted by Crippen LogP contribution is 2.50. The molecule has 0 bridgehead atoms. The summed E-state index contributed by atoms with van der Waals surface area (Å²) in [5.41, 5.74) is 0. The summed E-state index contributed by atoms with van der Waals surface area (Å²) in [5, 5.41) is 0. The third-order valence-electron chi connectivity index (χ3n) is 2.65. The Morgan fingerprint density at radius 2 is 0.944 bits per heavy atom. The predicted molar refractivity (Wildman–Crippen MR) is 79.2 cm³/mol. The maximum absolute atomic E-state index is 5.63. The highest BCUT2D eigenvalue weighted by molar-refractivity contribution is 7.47. The van der Waals surface area contributed by atoms with E-state index in [2.05, 4.69) is 64.7 Å². The zero-order chi connectivity index (χ0) is 14.5. The van der Waals surface area contributed by atoms with Crippen LogP contribution < -0.4 is 0 Å². The molecular weight excluding hydrogens is 247 g/mol. The van der Waals surface area contributed by atoms with Crippen LogP contribution in [0.3, 0.4) is 0 Å². The molecule has 0 aromatic heterocycles. The summed E-state index contributed by atoms with van der Waals surface area (Å²) >= 11 is 0. The number of rotatable bonds is 8. The van der Waals surface area contributed by atoms with E-state index in [1.165, 1.54) is 0 Å². The van der Waals surface area contributed by atoms with Crippen LogP contribution in [0.15, 0.2) is 0 Å². The van der Waals surface area contributed by atoms with Crippen LogP contribution in [0.5, 0.6) is 0 Å². The normalized spacial score (nSPS) is 13.3. The first-order chi connectivity index (χ1) is 8.23. The van der Waals surface area contributed by atoms with Crippen molar-refractivity contribution < 1.29 is 9.56 Å². The molecule has 0 spiro atoms. The van der Waals surface area contributed by atoms with Gasteiger partial charge in [-0.05, 0) is 55.4 Å². The lowest BCUT2D eigenvalue weighted by atomic mass is 10.3. The van der Waals surface area contributed by atoms with Crippen molar-refractivity contribution in [3.63, 3.8) is 0 Å². The van der Waals surface area contributed by atoms with Gasteiger partial charge in [-0.15, -0.1) is 0 Å². The van der Waals surface area contributed by atoms with Gasteiger partial charge in [-0.3, -0.25) is 0 Å². The molecule has 0 saturated carbocycles. The minimum Gasteiger partial charge on any atom is -0.240 e. The van der Waals surface area contributed by atoms with Crippen LogP contribution in [-0.4, -0.2) is 40.6 Å². The van der Waals surface area contributed by atoms with Crippen LogP contribution >= 0.6 is 8.45 Å². The summed E-state index contributed by atoms with van der Waals surface area (Å²) < 4.78 is 10.4. The molecule has 0 atom stereocenters. The van der Waals surface area contributed by atoms with Gasteiger partial charge in [0.25, 0.3) is 0 Å². The molecule has 0 aromatic rings. The standard InChI is InChI=1S/C13H31N2O2P/c1-10(2)14(11(3)4)18(17-16-9)15(12(5)6)13(7)8/h10-13H,1-9H3. The van der Waals surface area contributed by atoms with Crippen LogP contribution in [0.25, 0.3) is 0 Å². The summed E-state index contributed by atoms with van der Waals surface area (Å²) in [4.78, 5) is 5.01. The van der Waals surface area contributed by atoms with Crippen LogP contribution in [0.4, 0.5) is 0 Å². The van der Waals surface area contributed by atoms with E-state index >= 15 is 0 Å². The summed E-state index contributed by atoms with van der Waals surface area (Å²) in [5.74, 6) is 0. The van der Waals surface area contributed by atoms with E-state index < -0.39 is 8.45 Å². The maximum atomic E-state index is 5.63. The highest BCUT2D eigenvalue weighted by atomic mass is 31.2. The molecule has 0 radical (unpaired) electrons. The van der Waals surface area contributed by atoms with Gasteiger partial charge < -0.3 is 0 Å². The molecule has 110 valence electrons. The molecule has 0 unspecified atom stereocenters. The van der Waals surface area contributed by atoms with Gasteiger partial charge in [0.1, 0.15) is 0 Å². The molecule has 0 saturated heterocycles. The average molecular weight is 278 g/mol. The number of hydrogen-bond acceptors (Lipinski definition) is 4. The second kappa shape index (κ2) is 8.44. The van der Waals surface area contributed by atoms with E-state index in [9.17, 15) is 0 Å². The average Bonchev–Trinajstić information content (AvgIpc) is 2.14. The summed E-state index contributed by atoms with van der Waals surface area (Å²) in [6.07, 6.45) is 0. The Morgan fingerprint density at radius 1 is 0.667 bits per heavy atom. The largest absolute Gasteiger partial charge is 0.240 e. The molecule has 0 amide bonds. The molecule has 0 heterocycles. The number of hydrogen-bond donors (Lipinski definition) is 0. The molecule has 0 aliphatic heterocycles. The van der Waals surface area contributed by atoms with E-state index in [0.29, 0.717) is 24.2 Å². The Balaban J connectivity index is 5.22. The van der Waals surface area contributed by atoms with E-state index in [0.717, 1.165) is 0 Å². The van der Waals surface area contributed by atoms with Crippen LogP contribution in [-0.2, 0) is 9.56 Å². The Kier molecular flexibility index (Phi) is 8.57. The molecular formula is C13H31N2O2P. The first-order valence-corrected chi connectivity index (χ1v) is 7.97. The Labute approximate surface area is 114 Å². The van der Waals surface area contributed by atoms with Gasteiger partial charge in [-0.1, -0.05) is 0 Å². The van der Waals surface area contributed by atoms with Gasteiger partial charge >= 0.3 is 0 Å². The topological polar surface area (TPSA) is 24.9 Å². The van der Waals surface area contributed by atoms with Crippen molar-refractivity contribution in [2.75, 3.05) is 7.11 Å². The van der Waals surface area contributed by atoms with Gasteiger partial charge in [-0.25, -0.2) is 14.2 Å². The first-order valence-electron chi connectivity index (χ1n) is 6.81. The fourth-order valence-corrected chi connectivity index (χ4v) is 4.35. The maximum Gasteiger partial charge on any atom is 0.226 e. The summed E-state index contributed by atoms with van der Waals surface area (Å²) in [7, 11) is 0.689. The van der Waals surface area contributed by atoms with Crippen molar-refractivity contribution in [2.24, 2.45) is 0 Å². The summed E-state index contributed by atoms with van der Waals surface area (Å²) in [6, 6.07) is 1.69. The van der Waals surface area contributed by atoms with Gasteiger partial charge in [0.05, 0.1) is 7.11 Å². The van der Waals surface area contributed by atoms with Gasteiger partial charge in [0.2, 0.25) is 8.45 Å². The third-order valence-corrected chi connectivity index (χ3v) is 5.57. The quantitative estimate of drug-likeness (QED) is 0.380. The molecule has 0 N–H and O–H groups in total. The first kappa shape index (κ1) is 18.3. The number of nitrogens with zero attached hydrogens (tertiary/aromatic N) is 2. The smallest absolute Gasteiger partial charge is 0.226 e. The van der Waals surface area contributed by atoms with Crippen molar-refractivity contribution in [3.05, 3.63) is 0 Å². The van der Waals surface area contributed by atoms with Gasteiger partial charge in [-0.2, -0.15) is 4.67 Å². The molecule has 0 aliphatic rings. The minimum atomic E-state index is -0.901. The van der Waals surface area contributed by atoms with E-state index in [-0.39, 0.29) is 0 Å². The Bertz CT molecular complexity index is 187. The Morgan fingerprint density at radius 3 is 1.11 bits per heavy atom. The lowest BCUT2D eigenvalue weighted by molar-refractivity contribution is -0.182. The molecule has 0 aromatic carbocycles. The SMILES string of the molecule is COOP(N(C(C)C)C(C)C)N(C(C)C)C(C)C. The molecule has 0 aliphatic carbocycles. The third kappa shape index (κ3) is 5.10. The lowest BCUT2D eigenvalue weighted by Gasteiger charge is -2.44. The monoisotopic (exact) mass is 278 g/mol. The van der Waals surface area contributed by atoms with Crippen molar-refractivity contribution in [1.82, 2.24) is 9.34 Å². The fraction of sp³-hybridized carbons (Fsp3) is 1.00. The van der Waals surface area contributed by atoms with E-state index in [1.807, 2.05) is 0 Å². The highest BCUT2D eigenvalue weighted by Gasteiger charge is 2.35. The van der Waals surface area contributed by atoms with Crippen molar-refractivity contribution in [1.29, 1.82) is 0 Å². The second-order valence-electron chi connectivity index (χ2n) is 5.63. The van der Waals surface area contributed by atoms with Gasteiger partial charge in [0, 0.05) is 24.2 Å². The van der Waals surface area contributed by atoms with Crippen LogP contribution in [0.2, 0.25) is 0 Å². The van der Waals surface area contributed by atoms with E-state index in [1.54, 1.807) is 7.11 Å². The minimum absolute atomic E-state index is 0.422. The van der Waals surface area contributed by atoms with Crippen molar-refractivity contribution in [2.45, 2.75) is 79.6 Å². The van der Waals surface area contributed by atoms with Crippen molar-refractivity contribution >= 4 is 8.45 Å². The van der Waals surface area contributed by atoms with Gasteiger partial charge in [0.15, 0.2) is 0 Å². The molecule has 0 rings (SSSR count). The van der Waals surface area contributed by atoms with Crippen molar-refractivity contribution in [3.8, 4) is 0 Å². The molecule has 5 heteroatoms. The van der Waals surface area contributed by atoms with E-state index in [4.69, 9.17) is 9.56 Å². The van der Waals surface area contributed by atoms with Crippen LogP contribution in [0.1, 0.15) is 55.4 Å². The zero-order valence-electron chi connectivity index (χ0n) is 13.5.